The molecule has 1 saturated heterocycles. The van der Waals surface area contributed by atoms with Crippen LogP contribution in [0.4, 0.5) is 5.69 Å². The van der Waals surface area contributed by atoms with Crippen LogP contribution in [0.15, 0.2) is 18.3 Å². The van der Waals surface area contributed by atoms with Gasteiger partial charge in [-0.25, -0.2) is 0 Å². The molecule has 1 aliphatic rings. The summed E-state index contributed by atoms with van der Waals surface area (Å²) in [4.78, 5) is 4.49. The fraction of sp³-hybridized carbons (Fsp3) is 0.455. The van der Waals surface area contributed by atoms with Gasteiger partial charge in [0.05, 0.1) is 12.3 Å². The van der Waals surface area contributed by atoms with Crippen LogP contribution in [0, 0.1) is 0 Å². The van der Waals surface area contributed by atoms with Gasteiger partial charge in [0.2, 0.25) is 0 Å². The minimum absolute atomic E-state index is 0.319. The third kappa shape index (κ3) is 2.68. The van der Waals surface area contributed by atoms with Gasteiger partial charge in [-0.05, 0) is 25.0 Å². The number of nitrogens with zero attached hydrogens (tertiary/aromatic N) is 1. The Bertz CT molecular complexity index is 377. The molecule has 1 aromatic rings. The van der Waals surface area contributed by atoms with Gasteiger partial charge in [-0.3, -0.25) is 4.98 Å². The molecule has 3 N–H and O–H groups in total. The largest absolute Gasteiger partial charge is 0.388 e. The van der Waals surface area contributed by atoms with Crippen LogP contribution in [-0.4, -0.2) is 29.2 Å². The van der Waals surface area contributed by atoms with E-state index in [2.05, 4.69) is 10.3 Å². The highest BCUT2D eigenvalue weighted by molar-refractivity contribution is 7.80. The number of nitrogens with one attached hydrogen (secondary N) is 1. The maximum Gasteiger partial charge on any atom is 0.124 e. The van der Waals surface area contributed by atoms with Gasteiger partial charge in [-0.2, -0.15) is 0 Å². The Morgan fingerprint density at radius 2 is 2.50 bits per heavy atom. The van der Waals surface area contributed by atoms with Crippen molar-refractivity contribution in [3.8, 4) is 0 Å². The first kappa shape index (κ1) is 11.3. The highest BCUT2D eigenvalue weighted by atomic mass is 32.1. The molecule has 0 aromatic carbocycles. The van der Waals surface area contributed by atoms with Crippen molar-refractivity contribution in [1.29, 1.82) is 0 Å². The number of pyridine rings is 1. The predicted molar refractivity (Wildman–Crippen MR) is 67.6 cm³/mol. The van der Waals surface area contributed by atoms with Crippen LogP contribution in [0.2, 0.25) is 0 Å². The fourth-order valence-corrected chi connectivity index (χ4v) is 1.96. The maximum absolute atomic E-state index is 5.62. The first-order valence-corrected chi connectivity index (χ1v) is 5.77. The van der Waals surface area contributed by atoms with Crippen LogP contribution in [0.25, 0.3) is 0 Å². The van der Waals surface area contributed by atoms with Crippen molar-refractivity contribution in [3.05, 3.63) is 24.0 Å². The van der Waals surface area contributed by atoms with E-state index >= 15 is 0 Å². The van der Waals surface area contributed by atoms with Crippen molar-refractivity contribution in [3.63, 3.8) is 0 Å². The van der Waals surface area contributed by atoms with Crippen molar-refractivity contribution in [1.82, 2.24) is 4.98 Å². The molecule has 86 valence electrons. The van der Waals surface area contributed by atoms with E-state index in [-0.39, 0.29) is 0 Å². The van der Waals surface area contributed by atoms with Crippen LogP contribution >= 0.6 is 12.2 Å². The molecule has 2 rings (SSSR count). The molecule has 5 heteroatoms. The number of rotatable bonds is 3. The lowest BCUT2D eigenvalue weighted by molar-refractivity contribution is 0.0876. The summed E-state index contributed by atoms with van der Waals surface area (Å²) >= 11 is 4.96. The van der Waals surface area contributed by atoms with E-state index in [0.717, 1.165) is 31.7 Å². The Labute approximate surface area is 100 Å². The third-order valence-electron chi connectivity index (χ3n) is 2.56. The van der Waals surface area contributed by atoms with E-state index in [9.17, 15) is 0 Å². The zero-order valence-corrected chi connectivity index (χ0v) is 9.80. The molecule has 1 atom stereocenters. The van der Waals surface area contributed by atoms with Crippen molar-refractivity contribution >= 4 is 22.9 Å². The molecule has 0 amide bonds. The number of aromatic nitrogens is 1. The normalized spacial score (nSPS) is 20.4. The molecule has 0 bridgehead atoms. The van der Waals surface area contributed by atoms with Crippen molar-refractivity contribution in [2.24, 2.45) is 5.73 Å². The summed E-state index contributed by atoms with van der Waals surface area (Å²) in [7, 11) is 0. The summed E-state index contributed by atoms with van der Waals surface area (Å²) in [6, 6.07) is 4.13. The third-order valence-corrected chi connectivity index (χ3v) is 2.75. The zero-order valence-electron chi connectivity index (χ0n) is 8.98. The van der Waals surface area contributed by atoms with Crippen molar-refractivity contribution in [2.45, 2.75) is 18.9 Å². The first-order chi connectivity index (χ1) is 7.77. The van der Waals surface area contributed by atoms with Crippen LogP contribution in [0.3, 0.4) is 0 Å². The van der Waals surface area contributed by atoms with Gasteiger partial charge in [0, 0.05) is 18.8 Å². The molecular formula is C11H15N3OS. The minimum Gasteiger partial charge on any atom is -0.388 e. The number of hydrogen-bond acceptors (Lipinski definition) is 4. The number of thiocarbonyl (C=S) groups is 1. The highest BCUT2D eigenvalue weighted by Gasteiger charge is 2.15. The minimum atomic E-state index is 0.319. The van der Waals surface area contributed by atoms with E-state index in [0.29, 0.717) is 16.7 Å². The molecule has 1 unspecified atom stereocenters. The summed E-state index contributed by atoms with van der Waals surface area (Å²) < 4.78 is 5.41. The predicted octanol–water partition coefficient (Wildman–Crippen LogP) is 1.31. The topological polar surface area (TPSA) is 60.2 Å². The number of hydrogen-bond donors (Lipinski definition) is 2. The second kappa shape index (κ2) is 5.23. The second-order valence-corrected chi connectivity index (χ2v) is 4.26. The van der Waals surface area contributed by atoms with Gasteiger partial charge in [0.1, 0.15) is 10.7 Å². The maximum atomic E-state index is 5.62. The van der Waals surface area contributed by atoms with Crippen LogP contribution in [0.5, 0.6) is 0 Å². The molecular weight excluding hydrogens is 222 g/mol. The highest BCUT2D eigenvalue weighted by Crippen LogP contribution is 2.17. The van der Waals surface area contributed by atoms with Crippen LogP contribution in [0.1, 0.15) is 18.5 Å². The summed E-state index contributed by atoms with van der Waals surface area (Å²) in [5.41, 5.74) is 7.17. The van der Waals surface area contributed by atoms with Gasteiger partial charge in [-0.15, -0.1) is 0 Å². The Hall–Kier alpha value is -1.20. The van der Waals surface area contributed by atoms with Crippen molar-refractivity contribution < 1.29 is 4.74 Å². The van der Waals surface area contributed by atoms with Crippen molar-refractivity contribution in [2.75, 3.05) is 18.5 Å². The molecule has 4 nitrogen and oxygen atoms in total. The molecule has 1 fully saturated rings. The smallest absolute Gasteiger partial charge is 0.124 e. The quantitative estimate of drug-likeness (QED) is 0.776. The Kier molecular flexibility index (Phi) is 3.69. The Morgan fingerprint density at radius 3 is 3.19 bits per heavy atom. The van der Waals surface area contributed by atoms with E-state index < -0.39 is 0 Å². The summed E-state index contributed by atoms with van der Waals surface area (Å²) in [5, 5.41) is 3.38. The molecule has 1 aromatic heterocycles. The van der Waals surface area contributed by atoms with Crippen LogP contribution < -0.4 is 11.1 Å². The first-order valence-electron chi connectivity index (χ1n) is 5.36. The monoisotopic (exact) mass is 237 g/mol. The van der Waals surface area contributed by atoms with E-state index in [1.807, 2.05) is 12.1 Å². The lowest BCUT2D eigenvalue weighted by Crippen LogP contribution is -2.31. The van der Waals surface area contributed by atoms with Gasteiger partial charge in [-0.1, -0.05) is 12.2 Å². The van der Waals surface area contributed by atoms with Gasteiger partial charge < -0.3 is 15.8 Å². The molecule has 2 heterocycles. The standard InChI is InChI=1S/C11H15N3OS/c12-11(16)10-9(4-1-5-13-10)14-8-3-2-6-15-7-8/h1,4-5,8,14H,2-3,6-7H2,(H2,12,16). The number of ether oxygens (including phenoxy) is 1. The SMILES string of the molecule is NC(=S)c1ncccc1NC1CCCOC1. The molecule has 0 saturated carbocycles. The summed E-state index contributed by atoms with van der Waals surface area (Å²) in [5.74, 6) is 0. The zero-order chi connectivity index (χ0) is 11.4. The van der Waals surface area contributed by atoms with Crippen LogP contribution in [-0.2, 0) is 4.74 Å². The van der Waals surface area contributed by atoms with Gasteiger partial charge >= 0.3 is 0 Å². The van der Waals surface area contributed by atoms with E-state index in [1.165, 1.54) is 0 Å². The van der Waals surface area contributed by atoms with E-state index in [4.69, 9.17) is 22.7 Å². The summed E-state index contributed by atoms with van der Waals surface area (Å²) in [6.07, 6.45) is 3.88. The average molecular weight is 237 g/mol. The summed E-state index contributed by atoms with van der Waals surface area (Å²) in [6.45, 7) is 1.58. The molecule has 16 heavy (non-hydrogen) atoms. The lowest BCUT2D eigenvalue weighted by atomic mass is 10.1. The average Bonchev–Trinajstić information content (AvgIpc) is 2.31. The number of anilines is 1. The Balaban J connectivity index is 2.10. The lowest BCUT2D eigenvalue weighted by Gasteiger charge is -2.24. The van der Waals surface area contributed by atoms with E-state index in [1.54, 1.807) is 6.20 Å². The molecule has 0 spiro atoms. The molecule has 1 aliphatic heterocycles. The number of nitrogens with two attached hydrogens (primary N) is 1. The Morgan fingerprint density at radius 1 is 1.62 bits per heavy atom. The van der Waals surface area contributed by atoms with Gasteiger partial charge in [0.25, 0.3) is 0 Å². The fourth-order valence-electron chi connectivity index (χ4n) is 1.79. The molecule has 0 radical (unpaired) electrons. The second-order valence-electron chi connectivity index (χ2n) is 3.82. The van der Waals surface area contributed by atoms with Gasteiger partial charge in [0.15, 0.2) is 0 Å². The molecule has 0 aliphatic carbocycles.